The highest BCUT2D eigenvalue weighted by molar-refractivity contribution is 5.64. The van der Waals surface area contributed by atoms with Crippen LogP contribution in [0.4, 0.5) is 11.4 Å². The molecule has 1 aromatic carbocycles. The predicted octanol–water partition coefficient (Wildman–Crippen LogP) is 3.56. The van der Waals surface area contributed by atoms with Gasteiger partial charge in [-0.2, -0.15) is 5.26 Å². The van der Waals surface area contributed by atoms with Crippen LogP contribution in [0.25, 0.3) is 0 Å². The molecule has 1 N–H and O–H groups in total. The molecule has 20 heavy (non-hydrogen) atoms. The molecule has 2 rings (SSSR count). The Morgan fingerprint density at radius 3 is 2.40 bits per heavy atom. The average molecular weight is 273 g/mol. The smallest absolute Gasteiger partial charge is 0.292 e. The van der Waals surface area contributed by atoms with Crippen LogP contribution in [0.2, 0.25) is 0 Å². The lowest BCUT2D eigenvalue weighted by molar-refractivity contribution is -0.384. The van der Waals surface area contributed by atoms with Gasteiger partial charge in [0.15, 0.2) is 0 Å². The molecule has 0 atom stereocenters. The normalized spacial score (nSPS) is 19.1. The molecule has 1 aliphatic rings. The van der Waals surface area contributed by atoms with Crippen molar-refractivity contribution in [3.05, 3.63) is 33.9 Å². The summed E-state index contributed by atoms with van der Waals surface area (Å²) < 4.78 is 0. The van der Waals surface area contributed by atoms with E-state index in [1.54, 1.807) is 6.07 Å². The molecule has 1 fully saturated rings. The van der Waals surface area contributed by atoms with Gasteiger partial charge in [-0.05, 0) is 28.9 Å². The highest BCUT2D eigenvalue weighted by atomic mass is 16.6. The minimum absolute atomic E-state index is 0.0141. The van der Waals surface area contributed by atoms with Crippen LogP contribution in [0, 0.1) is 38.2 Å². The van der Waals surface area contributed by atoms with Crippen molar-refractivity contribution < 1.29 is 4.92 Å². The Morgan fingerprint density at radius 1 is 1.35 bits per heavy atom. The molecule has 0 radical (unpaired) electrons. The Morgan fingerprint density at radius 2 is 1.95 bits per heavy atom. The number of nitro benzene ring substituents is 1. The van der Waals surface area contributed by atoms with Crippen molar-refractivity contribution in [3.63, 3.8) is 0 Å². The van der Waals surface area contributed by atoms with Gasteiger partial charge in [-0.1, -0.05) is 27.7 Å². The number of benzene rings is 1. The molecule has 1 aliphatic carbocycles. The topological polar surface area (TPSA) is 79.0 Å². The molecule has 106 valence electrons. The number of rotatable bonds is 4. The van der Waals surface area contributed by atoms with Gasteiger partial charge in [-0.3, -0.25) is 10.1 Å². The molecule has 1 saturated carbocycles. The lowest BCUT2D eigenvalue weighted by Crippen LogP contribution is -2.09. The van der Waals surface area contributed by atoms with Crippen molar-refractivity contribution in [1.29, 1.82) is 5.26 Å². The number of hydrogen-bond donors (Lipinski definition) is 1. The van der Waals surface area contributed by atoms with Gasteiger partial charge >= 0.3 is 0 Å². The Hall–Kier alpha value is -2.09. The first-order valence-electron chi connectivity index (χ1n) is 6.64. The zero-order chi connectivity index (χ0) is 15.1. The molecule has 5 heteroatoms. The molecule has 0 amide bonds. The second-order valence-corrected chi connectivity index (χ2v) is 6.48. The van der Waals surface area contributed by atoms with E-state index in [0.29, 0.717) is 23.7 Å². The van der Waals surface area contributed by atoms with Gasteiger partial charge in [0.1, 0.15) is 5.69 Å². The van der Waals surface area contributed by atoms with E-state index in [9.17, 15) is 10.1 Å². The number of nitro groups is 1. The molecule has 1 aromatic rings. The maximum Gasteiger partial charge on any atom is 0.292 e. The third kappa shape index (κ3) is 2.11. The van der Waals surface area contributed by atoms with Crippen molar-refractivity contribution in [2.75, 3.05) is 11.9 Å². The minimum Gasteiger partial charge on any atom is -0.379 e. The van der Waals surface area contributed by atoms with Gasteiger partial charge in [-0.15, -0.1) is 0 Å². The van der Waals surface area contributed by atoms with Crippen LogP contribution in [0.5, 0.6) is 0 Å². The highest BCUT2D eigenvalue weighted by Crippen LogP contribution is 2.68. The molecule has 0 saturated heterocycles. The van der Waals surface area contributed by atoms with Gasteiger partial charge in [0.2, 0.25) is 0 Å². The molecule has 0 spiro atoms. The third-order valence-corrected chi connectivity index (χ3v) is 5.14. The summed E-state index contributed by atoms with van der Waals surface area (Å²) in [6, 6.07) is 6.39. The summed E-state index contributed by atoms with van der Waals surface area (Å²) in [6.45, 7) is 9.51. The Kier molecular flexibility index (Phi) is 3.21. The lowest BCUT2D eigenvalue weighted by Gasteiger charge is -2.08. The first-order valence-corrected chi connectivity index (χ1v) is 6.64. The summed E-state index contributed by atoms with van der Waals surface area (Å²) in [5, 5.41) is 23.1. The second kappa shape index (κ2) is 4.48. The number of hydrogen-bond acceptors (Lipinski definition) is 4. The molecular formula is C15H19N3O2. The van der Waals surface area contributed by atoms with E-state index in [0.717, 1.165) is 0 Å². The summed E-state index contributed by atoms with van der Waals surface area (Å²) in [5.41, 5.74) is 1.31. The Labute approximate surface area is 118 Å². The fourth-order valence-corrected chi connectivity index (χ4v) is 2.96. The van der Waals surface area contributed by atoms with Crippen LogP contribution >= 0.6 is 0 Å². The van der Waals surface area contributed by atoms with Crippen molar-refractivity contribution in [3.8, 4) is 6.07 Å². The molecule has 0 aromatic heterocycles. The monoisotopic (exact) mass is 273 g/mol. The van der Waals surface area contributed by atoms with E-state index >= 15 is 0 Å². The fraction of sp³-hybridized carbons (Fsp3) is 0.533. The first kappa shape index (κ1) is 14.3. The van der Waals surface area contributed by atoms with Gasteiger partial charge in [-0.25, -0.2) is 0 Å². The van der Waals surface area contributed by atoms with Crippen molar-refractivity contribution in [2.24, 2.45) is 16.7 Å². The summed E-state index contributed by atoms with van der Waals surface area (Å²) in [6.07, 6.45) is 0. The number of nitrogens with zero attached hydrogens (tertiary/aromatic N) is 2. The first-order chi connectivity index (χ1) is 9.21. The highest BCUT2D eigenvalue weighted by Gasteiger charge is 2.64. The quantitative estimate of drug-likeness (QED) is 0.672. The zero-order valence-corrected chi connectivity index (χ0v) is 12.2. The minimum atomic E-state index is -0.424. The molecule has 0 unspecified atom stereocenters. The molecule has 0 bridgehead atoms. The zero-order valence-electron chi connectivity index (χ0n) is 12.2. The number of nitrogens with one attached hydrogen (secondary N) is 1. The van der Waals surface area contributed by atoms with Crippen LogP contribution in [0.3, 0.4) is 0 Å². The molecule has 0 aliphatic heterocycles. The van der Waals surface area contributed by atoms with E-state index < -0.39 is 4.92 Å². The van der Waals surface area contributed by atoms with E-state index in [4.69, 9.17) is 5.26 Å². The van der Waals surface area contributed by atoms with Gasteiger partial charge in [0.05, 0.1) is 16.6 Å². The van der Waals surface area contributed by atoms with Gasteiger partial charge < -0.3 is 5.32 Å². The van der Waals surface area contributed by atoms with E-state index in [2.05, 4.69) is 33.0 Å². The lowest BCUT2D eigenvalue weighted by atomic mass is 10.0. The van der Waals surface area contributed by atoms with Crippen molar-refractivity contribution in [1.82, 2.24) is 0 Å². The summed E-state index contributed by atoms with van der Waals surface area (Å²) in [4.78, 5) is 10.6. The van der Waals surface area contributed by atoms with Crippen molar-refractivity contribution in [2.45, 2.75) is 27.7 Å². The van der Waals surface area contributed by atoms with Crippen LogP contribution in [-0.4, -0.2) is 11.5 Å². The second-order valence-electron chi connectivity index (χ2n) is 6.48. The fourth-order valence-electron chi connectivity index (χ4n) is 2.96. The number of anilines is 1. The maximum absolute atomic E-state index is 11.0. The van der Waals surface area contributed by atoms with Crippen LogP contribution in [-0.2, 0) is 0 Å². The van der Waals surface area contributed by atoms with E-state index in [1.807, 2.05) is 6.07 Å². The standard InChI is InChI=1S/C15H19N3O2/c1-14(2)13(15(14,3)4)9-17-11-7-10(8-16)5-6-12(11)18(19)20/h5-7,13,17H,9H2,1-4H3. The van der Waals surface area contributed by atoms with Crippen LogP contribution in [0.15, 0.2) is 18.2 Å². The molecular weight excluding hydrogens is 254 g/mol. The third-order valence-electron chi connectivity index (χ3n) is 5.14. The van der Waals surface area contributed by atoms with E-state index in [1.165, 1.54) is 12.1 Å². The maximum atomic E-state index is 11.0. The summed E-state index contributed by atoms with van der Waals surface area (Å²) in [5.74, 6) is 0.459. The predicted molar refractivity (Wildman–Crippen MR) is 77.4 cm³/mol. The van der Waals surface area contributed by atoms with Gasteiger partial charge in [0.25, 0.3) is 5.69 Å². The van der Waals surface area contributed by atoms with E-state index in [-0.39, 0.29) is 16.5 Å². The van der Waals surface area contributed by atoms with Crippen LogP contribution in [0.1, 0.15) is 33.3 Å². The Bertz CT molecular complexity index is 586. The average Bonchev–Trinajstić information content (AvgIpc) is 2.76. The molecule has 0 heterocycles. The summed E-state index contributed by atoms with van der Waals surface area (Å²) in [7, 11) is 0. The van der Waals surface area contributed by atoms with Crippen LogP contribution < -0.4 is 5.32 Å². The SMILES string of the molecule is CC1(C)C(CNc2cc(C#N)ccc2[N+](=O)[O-])C1(C)C. The molecule has 5 nitrogen and oxygen atoms in total. The Balaban J connectivity index is 2.18. The summed E-state index contributed by atoms with van der Waals surface area (Å²) >= 11 is 0. The largest absolute Gasteiger partial charge is 0.379 e. The number of nitriles is 1. The van der Waals surface area contributed by atoms with Gasteiger partial charge in [0, 0.05) is 12.6 Å². The van der Waals surface area contributed by atoms with Crippen molar-refractivity contribution >= 4 is 11.4 Å².